The zero-order valence-corrected chi connectivity index (χ0v) is 13.9. The minimum absolute atomic E-state index is 0.00148. The number of nitrogens with one attached hydrogen (secondary N) is 1. The number of hydrogen-bond acceptors (Lipinski definition) is 3. The Labute approximate surface area is 133 Å². The maximum atomic E-state index is 12.4. The summed E-state index contributed by atoms with van der Waals surface area (Å²) in [4.78, 5) is 14.4. The molecule has 2 N–H and O–H groups in total. The van der Waals surface area contributed by atoms with Gasteiger partial charge in [0.15, 0.2) is 0 Å². The van der Waals surface area contributed by atoms with Gasteiger partial charge in [0.05, 0.1) is 12.1 Å². The molecule has 1 aliphatic carbocycles. The van der Waals surface area contributed by atoms with Crippen LogP contribution in [-0.4, -0.2) is 41.7 Å². The molecule has 0 bridgehead atoms. The Kier molecular flexibility index (Phi) is 5.98. The average molecular weight is 304 g/mol. The van der Waals surface area contributed by atoms with Crippen molar-refractivity contribution in [2.45, 2.75) is 51.7 Å². The molecule has 0 aliphatic heterocycles. The second-order valence-corrected chi connectivity index (χ2v) is 6.59. The molecule has 1 aliphatic rings. The third-order valence-corrected chi connectivity index (χ3v) is 4.72. The lowest BCUT2D eigenvalue weighted by Gasteiger charge is -2.33. The SMILES string of the molecule is Cc1cccc(NC(=O)C(C)N(C)CC2CCCCC2O)c1. The Morgan fingerprint density at radius 1 is 1.41 bits per heavy atom. The summed E-state index contributed by atoms with van der Waals surface area (Å²) in [6.45, 7) is 4.69. The number of aryl methyl sites for hydroxylation is 1. The minimum atomic E-state index is -0.219. The molecule has 0 radical (unpaired) electrons. The molecule has 2 rings (SSSR count). The number of carbonyl (C=O) groups is 1. The van der Waals surface area contributed by atoms with Crippen LogP contribution in [-0.2, 0) is 4.79 Å². The number of rotatable bonds is 5. The largest absolute Gasteiger partial charge is 0.393 e. The molecule has 4 heteroatoms. The van der Waals surface area contributed by atoms with Crippen molar-refractivity contribution >= 4 is 11.6 Å². The van der Waals surface area contributed by atoms with Crippen LogP contribution in [0.1, 0.15) is 38.2 Å². The lowest BCUT2D eigenvalue weighted by Crippen LogP contribution is -2.44. The molecule has 1 aromatic carbocycles. The normalized spacial score (nSPS) is 23.3. The zero-order valence-electron chi connectivity index (χ0n) is 13.9. The number of aliphatic hydroxyl groups is 1. The van der Waals surface area contributed by atoms with Crippen LogP contribution in [0.25, 0.3) is 0 Å². The number of nitrogens with zero attached hydrogens (tertiary/aromatic N) is 1. The first kappa shape index (κ1) is 17.0. The third-order valence-electron chi connectivity index (χ3n) is 4.72. The summed E-state index contributed by atoms with van der Waals surface area (Å²) in [6.07, 6.45) is 4.02. The van der Waals surface area contributed by atoms with Crippen molar-refractivity contribution in [1.82, 2.24) is 4.90 Å². The van der Waals surface area contributed by atoms with Gasteiger partial charge in [-0.15, -0.1) is 0 Å². The Morgan fingerprint density at radius 2 is 2.14 bits per heavy atom. The number of benzene rings is 1. The highest BCUT2D eigenvalue weighted by Gasteiger charge is 2.27. The van der Waals surface area contributed by atoms with Crippen molar-refractivity contribution in [3.63, 3.8) is 0 Å². The number of hydrogen-bond donors (Lipinski definition) is 2. The number of amides is 1. The van der Waals surface area contributed by atoms with Crippen LogP contribution in [0, 0.1) is 12.8 Å². The summed E-state index contributed by atoms with van der Waals surface area (Å²) in [7, 11) is 1.96. The van der Waals surface area contributed by atoms with Gasteiger partial charge in [0.1, 0.15) is 0 Å². The molecule has 1 fully saturated rings. The van der Waals surface area contributed by atoms with Gasteiger partial charge in [-0.25, -0.2) is 0 Å². The maximum absolute atomic E-state index is 12.4. The molecule has 3 unspecified atom stereocenters. The van der Waals surface area contributed by atoms with Crippen molar-refractivity contribution in [2.75, 3.05) is 18.9 Å². The molecule has 0 saturated heterocycles. The zero-order chi connectivity index (χ0) is 16.1. The first-order chi connectivity index (χ1) is 10.5. The van der Waals surface area contributed by atoms with Gasteiger partial charge in [0.25, 0.3) is 0 Å². The van der Waals surface area contributed by atoms with Gasteiger partial charge in [-0.05, 0) is 57.4 Å². The molecule has 0 spiro atoms. The molecule has 0 heterocycles. The molecule has 1 aromatic rings. The highest BCUT2D eigenvalue weighted by atomic mass is 16.3. The Balaban J connectivity index is 1.89. The van der Waals surface area contributed by atoms with Crippen LogP contribution in [0.2, 0.25) is 0 Å². The molecule has 22 heavy (non-hydrogen) atoms. The van der Waals surface area contributed by atoms with E-state index in [9.17, 15) is 9.90 Å². The summed E-state index contributed by atoms with van der Waals surface area (Å²) in [5.41, 5.74) is 1.96. The van der Waals surface area contributed by atoms with E-state index in [2.05, 4.69) is 5.32 Å². The molecule has 0 aromatic heterocycles. The van der Waals surface area contributed by atoms with E-state index in [1.165, 1.54) is 6.42 Å². The van der Waals surface area contributed by atoms with Crippen LogP contribution < -0.4 is 5.32 Å². The lowest BCUT2D eigenvalue weighted by atomic mass is 9.86. The molecule has 1 amide bonds. The van der Waals surface area contributed by atoms with Gasteiger partial charge in [-0.3, -0.25) is 9.69 Å². The third kappa shape index (κ3) is 4.55. The molecule has 1 saturated carbocycles. The Hall–Kier alpha value is -1.39. The van der Waals surface area contributed by atoms with Crippen molar-refractivity contribution in [2.24, 2.45) is 5.92 Å². The molecule has 3 atom stereocenters. The van der Waals surface area contributed by atoms with Crippen LogP contribution in [0.4, 0.5) is 5.69 Å². The number of likely N-dealkylation sites (N-methyl/N-ethyl adjacent to an activating group) is 1. The molecule has 4 nitrogen and oxygen atoms in total. The fourth-order valence-electron chi connectivity index (χ4n) is 3.10. The Morgan fingerprint density at radius 3 is 2.82 bits per heavy atom. The smallest absolute Gasteiger partial charge is 0.241 e. The van der Waals surface area contributed by atoms with Gasteiger partial charge in [0.2, 0.25) is 5.91 Å². The summed E-state index contributed by atoms with van der Waals surface area (Å²) >= 11 is 0. The van der Waals surface area contributed by atoms with E-state index in [4.69, 9.17) is 0 Å². The number of aliphatic hydroxyl groups excluding tert-OH is 1. The summed E-state index contributed by atoms with van der Waals surface area (Å²) < 4.78 is 0. The number of carbonyl (C=O) groups excluding carboxylic acids is 1. The Bertz CT molecular complexity index is 504. The highest BCUT2D eigenvalue weighted by Crippen LogP contribution is 2.25. The van der Waals surface area contributed by atoms with Crippen LogP contribution >= 0.6 is 0 Å². The van der Waals surface area contributed by atoms with Gasteiger partial charge in [-0.2, -0.15) is 0 Å². The molecular weight excluding hydrogens is 276 g/mol. The van der Waals surface area contributed by atoms with Crippen molar-refractivity contribution in [3.8, 4) is 0 Å². The first-order valence-electron chi connectivity index (χ1n) is 8.23. The topological polar surface area (TPSA) is 52.6 Å². The van der Waals surface area contributed by atoms with Gasteiger partial charge >= 0.3 is 0 Å². The maximum Gasteiger partial charge on any atom is 0.241 e. The van der Waals surface area contributed by atoms with E-state index in [0.29, 0.717) is 0 Å². The van der Waals surface area contributed by atoms with Crippen molar-refractivity contribution in [1.29, 1.82) is 0 Å². The summed E-state index contributed by atoms with van der Waals surface area (Å²) in [5, 5.41) is 13.0. The van der Waals surface area contributed by atoms with E-state index in [1.54, 1.807) is 0 Å². The van der Waals surface area contributed by atoms with Gasteiger partial charge in [0, 0.05) is 12.2 Å². The van der Waals surface area contributed by atoms with Crippen LogP contribution in [0.3, 0.4) is 0 Å². The summed E-state index contributed by atoms with van der Waals surface area (Å²) in [6, 6.07) is 7.61. The molecule has 122 valence electrons. The second-order valence-electron chi connectivity index (χ2n) is 6.59. The fraction of sp³-hybridized carbons (Fsp3) is 0.611. The predicted octanol–water partition coefficient (Wildman–Crippen LogP) is 2.80. The van der Waals surface area contributed by atoms with Gasteiger partial charge in [-0.1, -0.05) is 25.0 Å². The lowest BCUT2D eigenvalue weighted by molar-refractivity contribution is -0.120. The highest BCUT2D eigenvalue weighted by molar-refractivity contribution is 5.94. The monoisotopic (exact) mass is 304 g/mol. The van der Waals surface area contributed by atoms with Crippen molar-refractivity contribution in [3.05, 3.63) is 29.8 Å². The average Bonchev–Trinajstić information content (AvgIpc) is 2.48. The van der Waals surface area contributed by atoms with Crippen LogP contribution in [0.15, 0.2) is 24.3 Å². The predicted molar refractivity (Wildman–Crippen MR) is 89.9 cm³/mol. The molecular formula is C18H28N2O2. The minimum Gasteiger partial charge on any atom is -0.393 e. The standard InChI is InChI=1S/C18H28N2O2/c1-13-7-6-9-16(11-13)19-18(22)14(2)20(3)12-15-8-4-5-10-17(15)21/h6-7,9,11,14-15,17,21H,4-5,8,10,12H2,1-3H3,(H,19,22). The van der Waals surface area contributed by atoms with Crippen LogP contribution in [0.5, 0.6) is 0 Å². The van der Waals surface area contributed by atoms with E-state index in [0.717, 1.165) is 37.1 Å². The first-order valence-corrected chi connectivity index (χ1v) is 8.23. The quantitative estimate of drug-likeness (QED) is 0.879. The van der Waals surface area contributed by atoms with E-state index >= 15 is 0 Å². The van der Waals surface area contributed by atoms with E-state index in [-0.39, 0.29) is 24.0 Å². The second kappa shape index (κ2) is 7.75. The number of anilines is 1. The van der Waals surface area contributed by atoms with Gasteiger partial charge < -0.3 is 10.4 Å². The fourth-order valence-corrected chi connectivity index (χ4v) is 3.10. The van der Waals surface area contributed by atoms with E-state index in [1.807, 2.05) is 50.1 Å². The van der Waals surface area contributed by atoms with E-state index < -0.39 is 0 Å². The summed E-state index contributed by atoms with van der Waals surface area (Å²) in [5.74, 6) is 0.284. The van der Waals surface area contributed by atoms with Crippen molar-refractivity contribution < 1.29 is 9.90 Å².